The monoisotopic (exact) mass is 308 g/mol. The Hall–Kier alpha value is -1.05. The molecule has 0 saturated carbocycles. The molecule has 1 N–H and O–H groups in total. The Balaban J connectivity index is 2.15. The van der Waals surface area contributed by atoms with Crippen molar-refractivity contribution in [3.05, 3.63) is 28.2 Å². The van der Waals surface area contributed by atoms with Crippen LogP contribution in [0.25, 0.3) is 0 Å². The Morgan fingerprint density at radius 3 is 2.94 bits per heavy atom. The van der Waals surface area contributed by atoms with E-state index in [0.717, 1.165) is 29.6 Å². The van der Waals surface area contributed by atoms with Gasteiger partial charge in [-0.15, -0.1) is 0 Å². The van der Waals surface area contributed by atoms with Crippen LogP contribution in [0.3, 0.4) is 0 Å². The van der Waals surface area contributed by atoms with Gasteiger partial charge in [-0.25, -0.2) is 0 Å². The predicted molar refractivity (Wildman–Crippen MR) is 75.5 cm³/mol. The van der Waals surface area contributed by atoms with Gasteiger partial charge in [0, 0.05) is 17.1 Å². The summed E-state index contributed by atoms with van der Waals surface area (Å²) in [6.07, 6.45) is 1.92. The second-order valence-electron chi connectivity index (χ2n) is 5.22. The first kappa shape index (κ1) is 13.4. The average molecular weight is 309 g/mol. The van der Waals surface area contributed by atoms with E-state index in [9.17, 15) is 5.26 Å². The van der Waals surface area contributed by atoms with Crippen molar-refractivity contribution >= 4 is 21.6 Å². The van der Waals surface area contributed by atoms with Gasteiger partial charge in [0.15, 0.2) is 0 Å². The first-order chi connectivity index (χ1) is 8.52. The van der Waals surface area contributed by atoms with E-state index >= 15 is 0 Å². The molecule has 1 unspecified atom stereocenters. The molecular weight excluding hydrogens is 292 g/mol. The number of nitrogens with one attached hydrogen (secondary N) is 1. The lowest BCUT2D eigenvalue weighted by molar-refractivity contribution is -0.0553. The van der Waals surface area contributed by atoms with Crippen LogP contribution in [-0.4, -0.2) is 18.2 Å². The number of hydrogen-bond acceptors (Lipinski definition) is 3. The maximum atomic E-state index is 9.19. The van der Waals surface area contributed by atoms with E-state index in [1.54, 1.807) is 0 Å². The maximum absolute atomic E-state index is 9.19. The first-order valence-electron chi connectivity index (χ1n) is 6.11. The molecule has 2 rings (SSSR count). The van der Waals surface area contributed by atoms with Crippen LogP contribution >= 0.6 is 15.9 Å². The number of rotatable bonds is 2. The Kier molecular flexibility index (Phi) is 3.94. The van der Waals surface area contributed by atoms with Gasteiger partial charge in [0.2, 0.25) is 0 Å². The fourth-order valence-electron chi connectivity index (χ4n) is 2.33. The van der Waals surface area contributed by atoms with Crippen molar-refractivity contribution in [3.63, 3.8) is 0 Å². The minimum atomic E-state index is -0.0886. The molecule has 0 amide bonds. The highest BCUT2D eigenvalue weighted by molar-refractivity contribution is 9.10. The lowest BCUT2D eigenvalue weighted by Gasteiger charge is -2.36. The van der Waals surface area contributed by atoms with Crippen molar-refractivity contribution in [3.8, 4) is 6.07 Å². The third kappa shape index (κ3) is 3.04. The molecule has 1 aromatic rings. The third-order valence-electron chi connectivity index (χ3n) is 3.18. The lowest BCUT2D eigenvalue weighted by atomic mass is 9.93. The van der Waals surface area contributed by atoms with Gasteiger partial charge in [-0.2, -0.15) is 5.26 Å². The number of halogens is 1. The van der Waals surface area contributed by atoms with Crippen LogP contribution in [-0.2, 0) is 4.74 Å². The maximum Gasteiger partial charge on any atom is 0.103 e. The number of ether oxygens (including phenoxy) is 1. The van der Waals surface area contributed by atoms with Gasteiger partial charge in [0.25, 0.3) is 0 Å². The molecule has 1 aromatic carbocycles. The van der Waals surface area contributed by atoms with Gasteiger partial charge in [-0.05, 0) is 54.8 Å². The summed E-state index contributed by atoms with van der Waals surface area (Å²) in [6, 6.07) is 8.37. The zero-order chi connectivity index (χ0) is 13.2. The number of benzene rings is 1. The second kappa shape index (κ2) is 5.29. The topological polar surface area (TPSA) is 45.0 Å². The van der Waals surface area contributed by atoms with Crippen molar-refractivity contribution in [1.29, 1.82) is 5.26 Å². The summed E-state index contributed by atoms with van der Waals surface area (Å²) in [4.78, 5) is 0. The van der Waals surface area contributed by atoms with Crippen LogP contribution in [0.15, 0.2) is 22.7 Å². The van der Waals surface area contributed by atoms with Crippen LogP contribution in [0.2, 0.25) is 0 Å². The van der Waals surface area contributed by atoms with Crippen molar-refractivity contribution < 1.29 is 4.74 Å². The lowest BCUT2D eigenvalue weighted by Crippen LogP contribution is -2.40. The van der Waals surface area contributed by atoms with Crippen LogP contribution < -0.4 is 5.32 Å². The van der Waals surface area contributed by atoms with Crippen molar-refractivity contribution in [2.75, 3.05) is 11.9 Å². The van der Waals surface area contributed by atoms with Crippen LogP contribution in [0, 0.1) is 11.3 Å². The first-order valence-corrected chi connectivity index (χ1v) is 6.90. The molecule has 1 fully saturated rings. The summed E-state index contributed by atoms with van der Waals surface area (Å²) in [6.45, 7) is 4.97. The highest BCUT2D eigenvalue weighted by atomic mass is 79.9. The fraction of sp³-hybridized carbons (Fsp3) is 0.500. The molecule has 0 aliphatic carbocycles. The van der Waals surface area contributed by atoms with Crippen LogP contribution in [0.5, 0.6) is 0 Å². The molecule has 4 heteroatoms. The molecule has 1 aliphatic rings. The van der Waals surface area contributed by atoms with E-state index in [-0.39, 0.29) is 5.60 Å². The smallest absolute Gasteiger partial charge is 0.103 e. The fourth-order valence-corrected chi connectivity index (χ4v) is 2.79. The highest BCUT2D eigenvalue weighted by Gasteiger charge is 2.29. The molecule has 0 radical (unpaired) electrons. The minimum Gasteiger partial charge on any atom is -0.381 e. The van der Waals surface area contributed by atoms with Gasteiger partial charge in [-0.3, -0.25) is 0 Å². The van der Waals surface area contributed by atoms with E-state index < -0.39 is 0 Å². The number of nitriles is 1. The minimum absolute atomic E-state index is 0.0886. The molecule has 1 aliphatic heterocycles. The summed E-state index contributed by atoms with van der Waals surface area (Å²) in [5.41, 5.74) is 1.48. The summed E-state index contributed by atoms with van der Waals surface area (Å²) in [7, 11) is 0. The molecule has 18 heavy (non-hydrogen) atoms. The molecule has 3 nitrogen and oxygen atoms in total. The van der Waals surface area contributed by atoms with E-state index in [0.29, 0.717) is 11.6 Å². The molecule has 1 atom stereocenters. The number of hydrogen-bond donors (Lipinski definition) is 1. The summed E-state index contributed by atoms with van der Waals surface area (Å²) in [5.74, 6) is 0. The van der Waals surface area contributed by atoms with Crippen LogP contribution in [0.1, 0.15) is 32.3 Å². The SMILES string of the molecule is CC1(C)CC(Nc2cccc(Br)c2C#N)CCO1. The van der Waals surface area contributed by atoms with E-state index in [1.807, 2.05) is 18.2 Å². The highest BCUT2D eigenvalue weighted by Crippen LogP contribution is 2.29. The Morgan fingerprint density at radius 2 is 2.28 bits per heavy atom. The van der Waals surface area contributed by atoms with Gasteiger partial charge in [0.1, 0.15) is 6.07 Å². The zero-order valence-electron chi connectivity index (χ0n) is 10.7. The van der Waals surface area contributed by atoms with Crippen molar-refractivity contribution in [2.24, 2.45) is 0 Å². The molecule has 0 bridgehead atoms. The van der Waals surface area contributed by atoms with Gasteiger partial charge >= 0.3 is 0 Å². The van der Waals surface area contributed by atoms with E-state index in [1.165, 1.54) is 0 Å². The summed E-state index contributed by atoms with van der Waals surface area (Å²) in [5, 5.41) is 12.7. The van der Waals surface area contributed by atoms with Crippen molar-refractivity contribution in [1.82, 2.24) is 0 Å². The normalized spacial score (nSPS) is 22.2. The Bertz CT molecular complexity index is 479. The molecule has 96 valence electrons. The van der Waals surface area contributed by atoms with E-state index in [4.69, 9.17) is 4.74 Å². The molecule has 0 aromatic heterocycles. The standard InChI is InChI=1S/C14H17BrN2O/c1-14(2)8-10(6-7-18-14)17-13-5-3-4-12(15)11(13)9-16/h3-5,10,17H,6-8H2,1-2H3. The zero-order valence-corrected chi connectivity index (χ0v) is 12.3. The van der Waals surface area contributed by atoms with Crippen molar-refractivity contribution in [2.45, 2.75) is 38.3 Å². The van der Waals surface area contributed by atoms with Gasteiger partial charge in [0.05, 0.1) is 16.9 Å². The van der Waals surface area contributed by atoms with Crippen LogP contribution in [0.4, 0.5) is 5.69 Å². The Morgan fingerprint density at radius 1 is 1.50 bits per heavy atom. The third-order valence-corrected chi connectivity index (χ3v) is 3.84. The largest absolute Gasteiger partial charge is 0.381 e. The molecule has 1 saturated heterocycles. The number of anilines is 1. The average Bonchev–Trinajstić information content (AvgIpc) is 2.28. The Labute approximate surface area is 116 Å². The molecule has 0 spiro atoms. The molecule has 1 heterocycles. The van der Waals surface area contributed by atoms with Gasteiger partial charge in [-0.1, -0.05) is 6.07 Å². The van der Waals surface area contributed by atoms with Gasteiger partial charge < -0.3 is 10.1 Å². The summed E-state index contributed by atoms with van der Waals surface area (Å²) >= 11 is 3.41. The quantitative estimate of drug-likeness (QED) is 0.906. The predicted octanol–water partition coefficient (Wildman–Crippen LogP) is 3.69. The number of nitrogens with zero attached hydrogens (tertiary/aromatic N) is 1. The van der Waals surface area contributed by atoms with E-state index in [2.05, 4.69) is 41.2 Å². The second-order valence-corrected chi connectivity index (χ2v) is 6.07. The molecular formula is C14H17BrN2O. The summed E-state index contributed by atoms with van der Waals surface area (Å²) < 4.78 is 6.53.